The molecule has 1 aromatic carbocycles. The zero-order chi connectivity index (χ0) is 16.4. The van der Waals surface area contributed by atoms with Crippen LogP contribution in [0, 0.1) is 0 Å². The fourth-order valence-electron chi connectivity index (χ4n) is 1.82. The lowest BCUT2D eigenvalue weighted by molar-refractivity contribution is 0.153. The number of alkyl halides is 3. The van der Waals surface area contributed by atoms with Crippen molar-refractivity contribution < 1.29 is 9.52 Å². The predicted molar refractivity (Wildman–Crippen MR) is 94.8 cm³/mol. The number of fused-ring (bicyclic) bond motifs is 1. The number of anilines is 1. The van der Waals surface area contributed by atoms with Gasteiger partial charge in [0.05, 0.1) is 16.4 Å². The van der Waals surface area contributed by atoms with Gasteiger partial charge in [0.15, 0.2) is 6.10 Å². The van der Waals surface area contributed by atoms with Crippen molar-refractivity contribution in [3.63, 3.8) is 0 Å². The van der Waals surface area contributed by atoms with E-state index >= 15 is 0 Å². The molecule has 0 aliphatic carbocycles. The van der Waals surface area contributed by atoms with E-state index in [1.54, 1.807) is 6.07 Å². The van der Waals surface area contributed by atoms with E-state index in [-0.39, 0.29) is 5.76 Å². The molecule has 0 bridgehead atoms. The molecule has 0 aliphatic heterocycles. The van der Waals surface area contributed by atoms with Crippen molar-refractivity contribution in [2.45, 2.75) is 9.90 Å². The third kappa shape index (κ3) is 3.97. The fourth-order valence-corrected chi connectivity index (χ4v) is 2.96. The third-order valence-electron chi connectivity index (χ3n) is 2.87. The number of aliphatic hydroxyl groups is 1. The zero-order valence-electron chi connectivity index (χ0n) is 11.4. The summed E-state index contributed by atoms with van der Waals surface area (Å²) in [5.41, 5.74) is 3.73. The van der Waals surface area contributed by atoms with Crippen LogP contribution in [0.1, 0.15) is 17.6 Å². The molecule has 0 saturated carbocycles. The molecule has 0 saturated heterocycles. The lowest BCUT2D eigenvalue weighted by Crippen LogP contribution is -2.15. The maximum Gasteiger partial charge on any atom is 0.223 e. The third-order valence-corrected chi connectivity index (χ3v) is 4.43. The molecular formula is C14H10Cl3N3O2S. The van der Waals surface area contributed by atoms with Gasteiger partial charge in [-0.2, -0.15) is 5.10 Å². The number of thiazole rings is 1. The summed E-state index contributed by atoms with van der Waals surface area (Å²) >= 11 is 18.3. The summed E-state index contributed by atoms with van der Waals surface area (Å²) in [5, 5.41) is 14.5. The number of benzene rings is 1. The Morgan fingerprint density at radius 1 is 1.26 bits per heavy atom. The quantitative estimate of drug-likeness (QED) is 0.383. The van der Waals surface area contributed by atoms with Gasteiger partial charge >= 0.3 is 0 Å². The van der Waals surface area contributed by atoms with Crippen molar-refractivity contribution >= 4 is 67.7 Å². The topological polar surface area (TPSA) is 70.7 Å². The van der Waals surface area contributed by atoms with E-state index in [9.17, 15) is 5.11 Å². The number of para-hydroxylation sites is 1. The smallest absolute Gasteiger partial charge is 0.223 e. The summed E-state index contributed by atoms with van der Waals surface area (Å²) in [6, 6.07) is 10.9. The molecule has 0 spiro atoms. The number of aromatic nitrogens is 1. The molecule has 0 fully saturated rings. The Morgan fingerprint density at radius 2 is 2.04 bits per heavy atom. The minimum absolute atomic E-state index is 0.145. The standard InChI is InChI=1S/C14H10Cl3N3O2S/c15-14(16,17)12(21)10-6-5-8(22-10)7-18-20-13-19-9-3-1-2-4-11(9)23-13/h1-7,12,21H,(H,19,20)/b18-7+. The van der Waals surface area contributed by atoms with Gasteiger partial charge in [0.1, 0.15) is 11.5 Å². The number of nitrogens with one attached hydrogen (secondary N) is 1. The molecule has 1 unspecified atom stereocenters. The summed E-state index contributed by atoms with van der Waals surface area (Å²) in [7, 11) is 0. The second kappa shape index (κ2) is 6.67. The number of furan rings is 1. The Balaban J connectivity index is 1.67. The van der Waals surface area contributed by atoms with Crippen LogP contribution in [-0.4, -0.2) is 20.1 Å². The Hall–Kier alpha value is -1.31. The summed E-state index contributed by atoms with van der Waals surface area (Å²) in [4.78, 5) is 4.38. The van der Waals surface area contributed by atoms with Gasteiger partial charge in [-0.05, 0) is 24.3 Å². The van der Waals surface area contributed by atoms with E-state index in [2.05, 4.69) is 15.5 Å². The molecule has 0 radical (unpaired) electrons. The summed E-state index contributed by atoms with van der Waals surface area (Å²) < 4.78 is 4.57. The fraction of sp³-hybridized carbons (Fsp3) is 0.143. The summed E-state index contributed by atoms with van der Waals surface area (Å²) in [6.45, 7) is 0. The molecule has 2 heterocycles. The lowest BCUT2D eigenvalue weighted by atomic mass is 10.3. The number of aliphatic hydroxyl groups excluding tert-OH is 1. The van der Waals surface area contributed by atoms with Crippen LogP contribution in [0.4, 0.5) is 5.13 Å². The molecule has 1 atom stereocenters. The van der Waals surface area contributed by atoms with Crippen LogP contribution in [0.5, 0.6) is 0 Å². The maximum atomic E-state index is 9.80. The first kappa shape index (κ1) is 16.5. The van der Waals surface area contributed by atoms with E-state index in [0.29, 0.717) is 10.9 Å². The molecule has 5 nitrogen and oxygen atoms in total. The summed E-state index contributed by atoms with van der Waals surface area (Å²) in [6.07, 6.45) is 0.0904. The summed E-state index contributed by atoms with van der Waals surface area (Å²) in [5.74, 6) is 0.549. The highest BCUT2D eigenvalue weighted by Gasteiger charge is 2.34. The van der Waals surface area contributed by atoms with Crippen LogP contribution in [0.25, 0.3) is 10.2 Å². The van der Waals surface area contributed by atoms with E-state index in [4.69, 9.17) is 39.2 Å². The largest absolute Gasteiger partial charge is 0.457 e. The highest BCUT2D eigenvalue weighted by atomic mass is 35.6. The van der Waals surface area contributed by atoms with Crippen LogP contribution >= 0.6 is 46.1 Å². The second-order valence-electron chi connectivity index (χ2n) is 4.54. The van der Waals surface area contributed by atoms with Gasteiger partial charge < -0.3 is 9.52 Å². The molecular weight excluding hydrogens is 381 g/mol. The van der Waals surface area contributed by atoms with Crippen LogP contribution in [0.15, 0.2) is 45.9 Å². The van der Waals surface area contributed by atoms with Crippen LogP contribution in [0.2, 0.25) is 0 Å². The second-order valence-corrected chi connectivity index (χ2v) is 7.94. The Bertz CT molecular complexity index is 808. The first-order valence-electron chi connectivity index (χ1n) is 6.42. The van der Waals surface area contributed by atoms with Crippen LogP contribution in [0.3, 0.4) is 0 Å². The SMILES string of the molecule is OC(c1ccc(/C=N/Nc2nc3ccccc3s2)o1)C(Cl)(Cl)Cl. The van der Waals surface area contributed by atoms with Gasteiger partial charge in [0, 0.05) is 0 Å². The highest BCUT2D eigenvalue weighted by molar-refractivity contribution is 7.22. The van der Waals surface area contributed by atoms with E-state index in [1.807, 2.05) is 24.3 Å². The molecule has 9 heteroatoms. The molecule has 0 aliphatic rings. The number of halogens is 3. The molecule has 2 aromatic heterocycles. The minimum Gasteiger partial charge on any atom is -0.457 e. The van der Waals surface area contributed by atoms with Gasteiger partial charge in [-0.15, -0.1) is 0 Å². The predicted octanol–water partition coefficient (Wildman–Crippen LogP) is 4.74. The molecule has 2 N–H and O–H groups in total. The maximum absolute atomic E-state index is 9.80. The van der Waals surface area contributed by atoms with Crippen LogP contribution in [-0.2, 0) is 0 Å². The number of hydrogen-bond acceptors (Lipinski definition) is 6. The average Bonchev–Trinajstić information content (AvgIpc) is 3.11. The van der Waals surface area contributed by atoms with Gasteiger partial charge in [0.25, 0.3) is 0 Å². The van der Waals surface area contributed by atoms with Gasteiger partial charge in [-0.1, -0.05) is 58.3 Å². The Morgan fingerprint density at radius 3 is 2.78 bits per heavy atom. The molecule has 3 rings (SSSR count). The zero-order valence-corrected chi connectivity index (χ0v) is 14.5. The average molecular weight is 391 g/mol. The molecule has 0 amide bonds. The lowest BCUT2D eigenvalue weighted by Gasteiger charge is -2.15. The Kier molecular flexibility index (Phi) is 4.79. The first-order chi connectivity index (χ1) is 10.9. The van der Waals surface area contributed by atoms with Crippen molar-refractivity contribution in [3.8, 4) is 0 Å². The highest BCUT2D eigenvalue weighted by Crippen LogP contribution is 2.39. The normalized spacial score (nSPS) is 13.7. The number of rotatable bonds is 4. The van der Waals surface area contributed by atoms with E-state index in [1.165, 1.54) is 23.6 Å². The van der Waals surface area contributed by atoms with Gasteiger partial charge in [-0.3, -0.25) is 5.43 Å². The van der Waals surface area contributed by atoms with E-state index < -0.39 is 9.90 Å². The minimum atomic E-state index is -1.86. The van der Waals surface area contributed by atoms with Crippen molar-refractivity contribution in [1.29, 1.82) is 0 Å². The number of hydrogen-bond donors (Lipinski definition) is 2. The monoisotopic (exact) mass is 389 g/mol. The first-order valence-corrected chi connectivity index (χ1v) is 8.38. The van der Waals surface area contributed by atoms with Gasteiger partial charge in [0.2, 0.25) is 8.92 Å². The molecule has 120 valence electrons. The molecule has 3 aromatic rings. The number of nitrogens with zero attached hydrogens (tertiary/aromatic N) is 2. The van der Waals surface area contributed by atoms with Crippen molar-refractivity contribution in [2.24, 2.45) is 5.10 Å². The van der Waals surface area contributed by atoms with Crippen LogP contribution < -0.4 is 5.43 Å². The number of hydrazone groups is 1. The van der Waals surface area contributed by atoms with E-state index in [0.717, 1.165) is 10.2 Å². The van der Waals surface area contributed by atoms with Crippen molar-refractivity contribution in [2.75, 3.05) is 5.43 Å². The molecule has 23 heavy (non-hydrogen) atoms. The Labute approximate surface area is 150 Å². The van der Waals surface area contributed by atoms with Crippen molar-refractivity contribution in [3.05, 3.63) is 47.9 Å². The van der Waals surface area contributed by atoms with Gasteiger partial charge in [-0.25, -0.2) is 4.98 Å². The van der Waals surface area contributed by atoms with Crippen molar-refractivity contribution in [1.82, 2.24) is 4.98 Å².